The number of anilines is 2. The summed E-state index contributed by atoms with van der Waals surface area (Å²) >= 11 is 0. The Balaban J connectivity index is 1.42. The van der Waals surface area contributed by atoms with Crippen molar-refractivity contribution in [3.05, 3.63) is 83.0 Å². The van der Waals surface area contributed by atoms with E-state index in [9.17, 15) is 18.0 Å². The average molecular weight is 398 g/mol. The standard InChI is InChI=1S/C21H17F3N4O/c22-21(23,24)16-5-7-17(8-6-16)25-19-10-9-18(26-27-19)20(29)28-12-11-14-3-1-2-4-15(14)13-28/h1-10H,11-13H2,(H,25,27). The van der Waals surface area contributed by atoms with Crippen LogP contribution in [0.3, 0.4) is 0 Å². The Morgan fingerprint density at radius 1 is 0.931 bits per heavy atom. The highest BCUT2D eigenvalue weighted by molar-refractivity contribution is 5.92. The number of benzene rings is 2. The van der Waals surface area contributed by atoms with Crippen molar-refractivity contribution in [1.82, 2.24) is 15.1 Å². The fourth-order valence-electron chi connectivity index (χ4n) is 3.23. The number of hydrogen-bond donors (Lipinski definition) is 1. The Kier molecular flexibility index (Phi) is 4.92. The van der Waals surface area contributed by atoms with Crippen LogP contribution < -0.4 is 5.32 Å². The summed E-state index contributed by atoms with van der Waals surface area (Å²) in [4.78, 5) is 14.4. The molecule has 3 aromatic rings. The SMILES string of the molecule is O=C(c1ccc(Nc2ccc(C(F)(F)F)cc2)nn1)N1CCc2ccccc2C1. The lowest BCUT2D eigenvalue weighted by atomic mass is 10.00. The van der Waals surface area contributed by atoms with E-state index in [-0.39, 0.29) is 11.6 Å². The van der Waals surface area contributed by atoms with Crippen LogP contribution in [0.4, 0.5) is 24.7 Å². The molecule has 148 valence electrons. The van der Waals surface area contributed by atoms with Crippen LogP contribution in [0, 0.1) is 0 Å². The van der Waals surface area contributed by atoms with Gasteiger partial charge in [0.15, 0.2) is 11.5 Å². The molecule has 1 aliphatic rings. The molecule has 0 unspecified atom stereocenters. The lowest BCUT2D eigenvalue weighted by Crippen LogP contribution is -2.36. The van der Waals surface area contributed by atoms with Gasteiger partial charge in [-0.2, -0.15) is 13.2 Å². The molecule has 2 aromatic carbocycles. The van der Waals surface area contributed by atoms with Crippen LogP contribution in [0.2, 0.25) is 0 Å². The Morgan fingerprint density at radius 2 is 1.66 bits per heavy atom. The second-order valence-corrected chi connectivity index (χ2v) is 6.75. The monoisotopic (exact) mass is 398 g/mol. The number of nitrogens with one attached hydrogen (secondary N) is 1. The number of fused-ring (bicyclic) bond motifs is 1. The van der Waals surface area contributed by atoms with Gasteiger partial charge in [0.2, 0.25) is 0 Å². The second kappa shape index (κ2) is 7.54. The van der Waals surface area contributed by atoms with Crippen molar-refractivity contribution < 1.29 is 18.0 Å². The highest BCUT2D eigenvalue weighted by Crippen LogP contribution is 2.30. The fraction of sp³-hybridized carbons (Fsp3) is 0.190. The summed E-state index contributed by atoms with van der Waals surface area (Å²) in [5.41, 5.74) is 2.32. The molecule has 29 heavy (non-hydrogen) atoms. The Hall–Kier alpha value is -3.42. The van der Waals surface area contributed by atoms with Crippen LogP contribution in [0.1, 0.15) is 27.2 Å². The molecule has 0 fully saturated rings. The van der Waals surface area contributed by atoms with Crippen LogP contribution in [0.5, 0.6) is 0 Å². The Bertz CT molecular complexity index is 1020. The highest BCUT2D eigenvalue weighted by atomic mass is 19.4. The van der Waals surface area contributed by atoms with Crippen molar-refractivity contribution in [2.24, 2.45) is 0 Å². The molecule has 0 bridgehead atoms. The first-order valence-corrected chi connectivity index (χ1v) is 9.04. The molecule has 4 rings (SSSR count). The van der Waals surface area contributed by atoms with Gasteiger partial charge in [-0.15, -0.1) is 10.2 Å². The zero-order chi connectivity index (χ0) is 20.4. The van der Waals surface area contributed by atoms with Gasteiger partial charge < -0.3 is 10.2 Å². The minimum Gasteiger partial charge on any atom is -0.339 e. The smallest absolute Gasteiger partial charge is 0.339 e. The summed E-state index contributed by atoms with van der Waals surface area (Å²) in [6.45, 7) is 1.14. The molecule has 1 aromatic heterocycles. The quantitative estimate of drug-likeness (QED) is 0.709. The lowest BCUT2D eigenvalue weighted by Gasteiger charge is -2.28. The summed E-state index contributed by atoms with van der Waals surface area (Å²) in [7, 11) is 0. The number of rotatable bonds is 3. The molecule has 0 atom stereocenters. The van der Waals surface area contributed by atoms with Gasteiger partial charge in [0.25, 0.3) is 5.91 Å². The Labute approximate surface area is 165 Å². The van der Waals surface area contributed by atoms with Crippen molar-refractivity contribution in [3.63, 3.8) is 0 Å². The van der Waals surface area contributed by atoms with Gasteiger partial charge in [-0.25, -0.2) is 0 Å². The van der Waals surface area contributed by atoms with Crippen LogP contribution in [0.15, 0.2) is 60.7 Å². The minimum absolute atomic E-state index is 0.201. The van der Waals surface area contributed by atoms with Gasteiger partial charge in [-0.05, 0) is 53.9 Å². The molecule has 1 N–H and O–H groups in total. The Morgan fingerprint density at radius 3 is 2.31 bits per heavy atom. The molecule has 8 heteroatoms. The van der Waals surface area contributed by atoms with Crippen molar-refractivity contribution in [2.45, 2.75) is 19.1 Å². The largest absolute Gasteiger partial charge is 0.416 e. The summed E-state index contributed by atoms with van der Waals surface area (Å²) < 4.78 is 37.9. The summed E-state index contributed by atoms with van der Waals surface area (Å²) in [6, 6.07) is 15.8. The molecule has 1 amide bonds. The summed E-state index contributed by atoms with van der Waals surface area (Å²) in [6.07, 6.45) is -3.59. The number of aromatic nitrogens is 2. The van der Waals surface area contributed by atoms with Crippen LogP contribution in [-0.4, -0.2) is 27.5 Å². The maximum atomic E-state index is 12.7. The third-order valence-corrected chi connectivity index (χ3v) is 4.79. The first-order valence-electron chi connectivity index (χ1n) is 9.04. The molecule has 0 saturated heterocycles. The summed E-state index contributed by atoms with van der Waals surface area (Å²) in [5.74, 6) is 0.137. The number of carbonyl (C=O) groups excluding carboxylic acids is 1. The minimum atomic E-state index is -4.38. The predicted molar refractivity (Wildman–Crippen MR) is 102 cm³/mol. The van der Waals surface area contributed by atoms with E-state index in [0.29, 0.717) is 24.6 Å². The van der Waals surface area contributed by atoms with Gasteiger partial charge in [-0.1, -0.05) is 24.3 Å². The van der Waals surface area contributed by atoms with Gasteiger partial charge >= 0.3 is 6.18 Å². The van der Waals surface area contributed by atoms with E-state index >= 15 is 0 Å². The normalized spacial score (nSPS) is 13.7. The molecule has 0 radical (unpaired) electrons. The predicted octanol–water partition coefficient (Wildman–Crippen LogP) is 4.44. The highest BCUT2D eigenvalue weighted by Gasteiger charge is 2.30. The molecule has 0 spiro atoms. The van der Waals surface area contributed by atoms with Crippen molar-refractivity contribution in [2.75, 3.05) is 11.9 Å². The summed E-state index contributed by atoms with van der Waals surface area (Å²) in [5, 5.41) is 10.8. The maximum Gasteiger partial charge on any atom is 0.416 e. The van der Waals surface area contributed by atoms with Gasteiger partial charge in [0, 0.05) is 18.8 Å². The third kappa shape index (κ3) is 4.21. The van der Waals surface area contributed by atoms with Crippen molar-refractivity contribution in [1.29, 1.82) is 0 Å². The van der Waals surface area contributed by atoms with E-state index in [1.807, 2.05) is 18.2 Å². The first kappa shape index (κ1) is 18.9. The number of halogens is 3. The number of carbonyl (C=O) groups is 1. The number of hydrogen-bond acceptors (Lipinski definition) is 4. The van der Waals surface area contributed by atoms with Crippen molar-refractivity contribution in [3.8, 4) is 0 Å². The topological polar surface area (TPSA) is 58.1 Å². The lowest BCUT2D eigenvalue weighted by molar-refractivity contribution is -0.137. The second-order valence-electron chi connectivity index (χ2n) is 6.75. The zero-order valence-corrected chi connectivity index (χ0v) is 15.3. The van der Waals surface area contributed by atoms with Crippen LogP contribution in [0.25, 0.3) is 0 Å². The number of amides is 1. The van der Waals surface area contributed by atoms with E-state index < -0.39 is 11.7 Å². The van der Waals surface area contributed by atoms with Gasteiger partial charge in [0.1, 0.15) is 0 Å². The molecule has 2 heterocycles. The third-order valence-electron chi connectivity index (χ3n) is 4.79. The van der Waals surface area contributed by atoms with Gasteiger partial charge in [-0.3, -0.25) is 4.79 Å². The van der Waals surface area contributed by atoms with Crippen molar-refractivity contribution >= 4 is 17.4 Å². The van der Waals surface area contributed by atoms with Gasteiger partial charge in [0.05, 0.1) is 5.56 Å². The van der Waals surface area contributed by atoms with E-state index in [1.165, 1.54) is 17.7 Å². The maximum absolute atomic E-state index is 12.7. The number of alkyl halides is 3. The molecule has 0 aliphatic carbocycles. The molecular weight excluding hydrogens is 381 g/mol. The van der Waals surface area contributed by atoms with Crippen LogP contribution in [-0.2, 0) is 19.1 Å². The average Bonchev–Trinajstić information content (AvgIpc) is 2.73. The van der Waals surface area contributed by atoms with E-state index in [0.717, 1.165) is 24.1 Å². The van der Waals surface area contributed by atoms with Crippen LogP contribution >= 0.6 is 0 Å². The molecule has 1 aliphatic heterocycles. The number of nitrogens with zero attached hydrogens (tertiary/aromatic N) is 3. The fourth-order valence-corrected chi connectivity index (χ4v) is 3.23. The molecule has 5 nitrogen and oxygen atoms in total. The van der Waals surface area contributed by atoms with E-state index in [1.54, 1.807) is 17.0 Å². The first-order chi connectivity index (χ1) is 13.9. The zero-order valence-electron chi connectivity index (χ0n) is 15.3. The molecule has 0 saturated carbocycles. The van der Waals surface area contributed by atoms with E-state index in [4.69, 9.17) is 0 Å². The van der Waals surface area contributed by atoms with E-state index in [2.05, 4.69) is 21.6 Å². The molecular formula is C21H17F3N4O.